The van der Waals surface area contributed by atoms with E-state index >= 15 is 0 Å². The van der Waals surface area contributed by atoms with E-state index in [-0.39, 0.29) is 6.04 Å². The van der Waals surface area contributed by atoms with E-state index in [1.807, 2.05) is 59.3 Å². The number of hydrogen-bond donors (Lipinski definition) is 1. The van der Waals surface area contributed by atoms with Gasteiger partial charge in [0.2, 0.25) is 5.95 Å². The smallest absolute Gasteiger partial charge is 0.226 e. The van der Waals surface area contributed by atoms with Crippen LogP contribution in [0.1, 0.15) is 22.7 Å². The van der Waals surface area contributed by atoms with Crippen LogP contribution >= 0.6 is 11.6 Å². The molecule has 0 aliphatic carbocycles. The molecule has 1 aromatic heterocycles. The van der Waals surface area contributed by atoms with Crippen molar-refractivity contribution in [3.05, 3.63) is 113 Å². The van der Waals surface area contributed by atoms with Crippen molar-refractivity contribution in [3.8, 4) is 5.75 Å². The van der Waals surface area contributed by atoms with Gasteiger partial charge in [0.25, 0.3) is 0 Å². The maximum absolute atomic E-state index is 6.04. The molecule has 0 saturated heterocycles. The molecule has 5 nitrogen and oxygen atoms in total. The fourth-order valence-corrected chi connectivity index (χ4v) is 3.60. The summed E-state index contributed by atoms with van der Waals surface area (Å²) in [5.41, 5.74) is 4.26. The summed E-state index contributed by atoms with van der Waals surface area (Å²) in [6.45, 7) is 0.543. The fraction of sp³-hybridized carbons (Fsp3) is 0.0833. The molecule has 3 aromatic carbocycles. The number of nitrogens with one attached hydrogen (secondary N) is 1. The second-order valence-electron chi connectivity index (χ2n) is 7.03. The summed E-state index contributed by atoms with van der Waals surface area (Å²) in [6.07, 6.45) is 3.70. The lowest BCUT2D eigenvalue weighted by atomic mass is 10.0. The highest BCUT2D eigenvalue weighted by atomic mass is 35.5. The minimum Gasteiger partial charge on any atom is -0.489 e. The Kier molecular flexibility index (Phi) is 4.95. The van der Waals surface area contributed by atoms with Gasteiger partial charge in [-0.15, -0.1) is 0 Å². The lowest BCUT2D eigenvalue weighted by Crippen LogP contribution is -2.20. The standard InChI is InChI=1S/C24H19ClN4O/c25-20-10-6-18(7-11-20)22-14-23(29-24(28-22)26-16-27-29)19-8-12-21(13-9-19)30-15-17-4-2-1-3-5-17/h1-14,16,23H,15H2,(H,26,27,28)/t23-/m0/s1. The topological polar surface area (TPSA) is 52.0 Å². The van der Waals surface area contributed by atoms with Crippen molar-refractivity contribution in [3.63, 3.8) is 0 Å². The molecule has 5 rings (SSSR count). The van der Waals surface area contributed by atoms with Crippen LogP contribution in [-0.4, -0.2) is 14.8 Å². The number of rotatable bonds is 5. The van der Waals surface area contributed by atoms with Crippen molar-refractivity contribution < 1.29 is 4.74 Å². The summed E-state index contributed by atoms with van der Waals surface area (Å²) in [5.74, 6) is 1.54. The first-order valence-electron chi connectivity index (χ1n) is 9.67. The normalized spacial score (nSPS) is 15.1. The van der Waals surface area contributed by atoms with E-state index < -0.39 is 0 Å². The SMILES string of the molecule is Clc1ccc(C2=C[C@@H](c3ccc(OCc4ccccc4)cc3)n3ncnc3N2)cc1. The van der Waals surface area contributed by atoms with E-state index in [1.54, 1.807) is 6.33 Å². The van der Waals surface area contributed by atoms with Gasteiger partial charge in [-0.2, -0.15) is 10.1 Å². The maximum Gasteiger partial charge on any atom is 0.226 e. The Labute approximate surface area is 179 Å². The molecule has 2 heterocycles. The van der Waals surface area contributed by atoms with Gasteiger partial charge in [0.1, 0.15) is 24.7 Å². The molecule has 6 heteroatoms. The van der Waals surface area contributed by atoms with Crippen LogP contribution in [0, 0.1) is 0 Å². The van der Waals surface area contributed by atoms with E-state index in [2.05, 4.69) is 45.7 Å². The van der Waals surface area contributed by atoms with E-state index in [1.165, 1.54) is 0 Å². The minimum atomic E-state index is -0.0717. The van der Waals surface area contributed by atoms with Crippen molar-refractivity contribution in [2.45, 2.75) is 12.6 Å². The molecular formula is C24H19ClN4O. The first kappa shape index (κ1) is 18.5. The molecule has 0 spiro atoms. The van der Waals surface area contributed by atoms with E-state index in [0.29, 0.717) is 17.6 Å². The Morgan fingerprint density at radius 3 is 2.47 bits per heavy atom. The zero-order chi connectivity index (χ0) is 20.3. The molecule has 0 bridgehead atoms. The second kappa shape index (κ2) is 8.05. The maximum atomic E-state index is 6.04. The average molecular weight is 415 g/mol. The number of anilines is 1. The molecular weight excluding hydrogens is 396 g/mol. The van der Waals surface area contributed by atoms with Crippen molar-refractivity contribution in [1.29, 1.82) is 0 Å². The molecule has 1 atom stereocenters. The number of nitrogens with zero attached hydrogens (tertiary/aromatic N) is 3. The highest BCUT2D eigenvalue weighted by Gasteiger charge is 2.23. The molecule has 0 fully saturated rings. The van der Waals surface area contributed by atoms with Crippen molar-refractivity contribution in [2.24, 2.45) is 0 Å². The molecule has 0 unspecified atom stereocenters. The summed E-state index contributed by atoms with van der Waals surface area (Å²) in [4.78, 5) is 4.36. The zero-order valence-corrected chi connectivity index (χ0v) is 16.8. The third-order valence-electron chi connectivity index (χ3n) is 5.03. The second-order valence-corrected chi connectivity index (χ2v) is 7.47. The minimum absolute atomic E-state index is 0.0717. The molecule has 4 aromatic rings. The van der Waals surface area contributed by atoms with Crippen molar-refractivity contribution in [2.75, 3.05) is 5.32 Å². The summed E-state index contributed by atoms with van der Waals surface area (Å²) in [5, 5.41) is 8.46. The number of fused-ring (bicyclic) bond motifs is 1. The molecule has 1 aliphatic rings. The number of ether oxygens (including phenoxy) is 1. The molecule has 30 heavy (non-hydrogen) atoms. The van der Waals surface area contributed by atoms with Crippen LogP contribution in [0.25, 0.3) is 5.70 Å². The first-order valence-corrected chi connectivity index (χ1v) is 10.0. The fourth-order valence-electron chi connectivity index (χ4n) is 3.47. The average Bonchev–Trinajstić information content (AvgIpc) is 3.27. The summed E-state index contributed by atoms with van der Waals surface area (Å²) >= 11 is 6.04. The van der Waals surface area contributed by atoms with Crippen molar-refractivity contribution in [1.82, 2.24) is 14.8 Å². The van der Waals surface area contributed by atoms with Crippen LogP contribution in [-0.2, 0) is 6.61 Å². The predicted molar refractivity (Wildman–Crippen MR) is 118 cm³/mol. The Morgan fingerprint density at radius 1 is 0.933 bits per heavy atom. The van der Waals surface area contributed by atoms with Gasteiger partial charge in [-0.25, -0.2) is 4.68 Å². The number of benzene rings is 3. The van der Waals surface area contributed by atoms with Crippen LogP contribution in [0.2, 0.25) is 5.02 Å². The van der Waals surface area contributed by atoms with Gasteiger partial charge < -0.3 is 10.1 Å². The number of allylic oxidation sites excluding steroid dienone is 1. The Bertz CT molecular complexity index is 1170. The van der Waals surface area contributed by atoms with Gasteiger partial charge in [0.05, 0.1) is 0 Å². The molecule has 1 aliphatic heterocycles. The highest BCUT2D eigenvalue weighted by Crippen LogP contribution is 2.33. The number of halogens is 1. The van der Waals surface area contributed by atoms with E-state index in [9.17, 15) is 0 Å². The third-order valence-corrected chi connectivity index (χ3v) is 5.28. The van der Waals surface area contributed by atoms with Gasteiger partial charge >= 0.3 is 0 Å². The highest BCUT2D eigenvalue weighted by molar-refractivity contribution is 6.30. The molecule has 0 amide bonds. The Morgan fingerprint density at radius 2 is 1.70 bits per heavy atom. The van der Waals surface area contributed by atoms with Gasteiger partial charge in [0, 0.05) is 10.7 Å². The number of hydrogen-bond acceptors (Lipinski definition) is 4. The van der Waals surface area contributed by atoms with Gasteiger partial charge in [-0.05, 0) is 47.0 Å². The van der Waals surface area contributed by atoms with E-state index in [0.717, 1.165) is 28.1 Å². The lowest BCUT2D eigenvalue weighted by Gasteiger charge is -2.24. The quantitative estimate of drug-likeness (QED) is 0.464. The summed E-state index contributed by atoms with van der Waals surface area (Å²) in [7, 11) is 0. The number of aromatic nitrogens is 3. The Balaban J connectivity index is 1.40. The monoisotopic (exact) mass is 414 g/mol. The van der Waals surface area contributed by atoms with Crippen LogP contribution in [0.4, 0.5) is 5.95 Å². The van der Waals surface area contributed by atoms with Crippen molar-refractivity contribution >= 4 is 23.2 Å². The first-order chi connectivity index (χ1) is 14.8. The zero-order valence-electron chi connectivity index (χ0n) is 16.1. The Hall–Kier alpha value is -3.57. The third kappa shape index (κ3) is 3.80. The largest absolute Gasteiger partial charge is 0.489 e. The molecule has 0 radical (unpaired) electrons. The lowest BCUT2D eigenvalue weighted by molar-refractivity contribution is 0.306. The molecule has 0 saturated carbocycles. The van der Waals surface area contributed by atoms with Crippen LogP contribution in [0.15, 0.2) is 91.3 Å². The van der Waals surface area contributed by atoms with Crippen LogP contribution < -0.4 is 10.1 Å². The molecule has 148 valence electrons. The predicted octanol–water partition coefficient (Wildman–Crippen LogP) is 5.57. The van der Waals surface area contributed by atoms with Crippen LogP contribution in [0.5, 0.6) is 5.75 Å². The molecule has 1 N–H and O–H groups in total. The van der Waals surface area contributed by atoms with Gasteiger partial charge in [-0.1, -0.05) is 66.2 Å². The summed E-state index contributed by atoms with van der Waals surface area (Å²) in [6, 6.07) is 25.9. The van der Waals surface area contributed by atoms with Gasteiger partial charge in [-0.3, -0.25) is 0 Å². The summed E-state index contributed by atoms with van der Waals surface area (Å²) < 4.78 is 7.79. The van der Waals surface area contributed by atoms with Gasteiger partial charge in [0.15, 0.2) is 0 Å². The van der Waals surface area contributed by atoms with E-state index in [4.69, 9.17) is 16.3 Å². The van der Waals surface area contributed by atoms with Crippen LogP contribution in [0.3, 0.4) is 0 Å².